The molecule has 1 unspecified atom stereocenters. The first-order chi connectivity index (χ1) is 12.6. The fourth-order valence-electron chi connectivity index (χ4n) is 2.27. The highest BCUT2D eigenvalue weighted by Gasteiger charge is 2.11. The van der Waals surface area contributed by atoms with Gasteiger partial charge in [0.25, 0.3) is 0 Å². The van der Waals surface area contributed by atoms with E-state index in [1.165, 1.54) is 6.07 Å². The maximum atomic E-state index is 13.7. The van der Waals surface area contributed by atoms with Crippen LogP contribution in [0.4, 0.5) is 10.1 Å². The molecule has 0 spiro atoms. The molecule has 0 amide bonds. The Balaban J connectivity index is 1.99. The quantitative estimate of drug-likeness (QED) is 0.556. The van der Waals surface area contributed by atoms with Gasteiger partial charge in [-0.15, -0.1) is 0 Å². The third kappa shape index (κ3) is 5.27. The number of halogens is 1. The lowest BCUT2D eigenvalue weighted by atomic mass is 10.2. The molecule has 0 fully saturated rings. The molecule has 2 aromatic rings. The summed E-state index contributed by atoms with van der Waals surface area (Å²) in [7, 11) is 3.13. The van der Waals surface area contributed by atoms with E-state index in [2.05, 4.69) is 10.3 Å². The predicted octanol–water partition coefficient (Wildman–Crippen LogP) is 3.43. The Bertz CT molecular complexity index is 753. The molecule has 0 aromatic heterocycles. The highest BCUT2D eigenvalue weighted by Crippen LogP contribution is 2.29. The second-order valence-electron chi connectivity index (χ2n) is 5.50. The van der Waals surface area contributed by atoms with Crippen LogP contribution in [0.15, 0.2) is 47.5 Å². The molecule has 140 valence electrons. The molecule has 6 nitrogen and oxygen atoms in total. The van der Waals surface area contributed by atoms with Crippen LogP contribution >= 0.6 is 0 Å². The minimum atomic E-state index is -0.397. The lowest BCUT2D eigenvalue weighted by Gasteiger charge is -2.16. The third-order valence-corrected chi connectivity index (χ3v) is 3.71. The van der Waals surface area contributed by atoms with Gasteiger partial charge in [-0.05, 0) is 30.7 Å². The molecule has 2 rings (SSSR count). The van der Waals surface area contributed by atoms with Crippen molar-refractivity contribution in [3.63, 3.8) is 0 Å². The minimum absolute atomic E-state index is 0.209. The van der Waals surface area contributed by atoms with Gasteiger partial charge in [0.15, 0.2) is 29.0 Å². The van der Waals surface area contributed by atoms with E-state index in [1.54, 1.807) is 50.6 Å². The molecule has 0 bridgehead atoms. The van der Waals surface area contributed by atoms with Crippen LogP contribution in [0.2, 0.25) is 0 Å². The summed E-state index contributed by atoms with van der Waals surface area (Å²) in [6, 6.07) is 11.6. The van der Waals surface area contributed by atoms with Gasteiger partial charge in [0.05, 0.1) is 20.8 Å². The number of aliphatic imine (C=N–C) groups is 1. The lowest BCUT2D eigenvalue weighted by Crippen LogP contribution is -2.26. The summed E-state index contributed by atoms with van der Waals surface area (Å²) in [5.41, 5.74) is 6.65. The summed E-state index contributed by atoms with van der Waals surface area (Å²) in [6.07, 6.45) is 0.388. The molecule has 0 radical (unpaired) electrons. The first kappa shape index (κ1) is 19.4. The van der Waals surface area contributed by atoms with Crippen molar-refractivity contribution in [1.82, 2.24) is 0 Å². The number of hydrogen-bond acceptors (Lipinski definition) is 4. The highest BCUT2D eigenvalue weighted by atomic mass is 19.1. The number of nitrogens with one attached hydrogen (secondary N) is 1. The minimum Gasteiger partial charge on any atom is -0.493 e. The van der Waals surface area contributed by atoms with Gasteiger partial charge in [-0.25, -0.2) is 9.38 Å². The number of rotatable bonds is 8. The third-order valence-electron chi connectivity index (χ3n) is 3.71. The van der Waals surface area contributed by atoms with Crippen LogP contribution in [0, 0.1) is 5.82 Å². The molecule has 0 saturated heterocycles. The van der Waals surface area contributed by atoms with Crippen LogP contribution in [0.25, 0.3) is 0 Å². The number of nitrogens with zero attached hydrogens (tertiary/aromatic N) is 1. The van der Waals surface area contributed by atoms with E-state index < -0.39 is 5.82 Å². The van der Waals surface area contributed by atoms with Crippen molar-refractivity contribution in [1.29, 1.82) is 0 Å². The van der Waals surface area contributed by atoms with Gasteiger partial charge in [-0.2, -0.15) is 0 Å². The first-order valence-electron chi connectivity index (χ1n) is 8.27. The smallest absolute Gasteiger partial charge is 0.193 e. The maximum Gasteiger partial charge on any atom is 0.193 e. The van der Waals surface area contributed by atoms with E-state index in [0.29, 0.717) is 30.2 Å². The molecule has 0 aliphatic rings. The summed E-state index contributed by atoms with van der Waals surface area (Å²) < 4.78 is 29.8. The standard InChI is InChI=1S/C19H24FN3O3/c1-4-14(26-16-8-6-5-7-15(16)20)12-22-19(21)23-13-9-10-17(24-2)18(11-13)25-3/h5-11,14H,4,12H2,1-3H3,(H3,21,22,23). The normalized spacial score (nSPS) is 12.4. The average molecular weight is 361 g/mol. The summed E-state index contributed by atoms with van der Waals surface area (Å²) in [5.74, 6) is 1.25. The van der Waals surface area contributed by atoms with E-state index in [-0.39, 0.29) is 17.8 Å². The zero-order chi connectivity index (χ0) is 18.9. The molecule has 1 atom stereocenters. The Morgan fingerprint density at radius 3 is 2.50 bits per heavy atom. The zero-order valence-electron chi connectivity index (χ0n) is 15.2. The number of methoxy groups -OCH3 is 2. The summed E-state index contributed by atoms with van der Waals surface area (Å²) in [6.45, 7) is 2.25. The van der Waals surface area contributed by atoms with Crippen molar-refractivity contribution in [2.45, 2.75) is 19.4 Å². The molecule has 0 aliphatic carbocycles. The molecular formula is C19H24FN3O3. The predicted molar refractivity (Wildman–Crippen MR) is 101 cm³/mol. The second kappa shape index (κ2) is 9.50. The van der Waals surface area contributed by atoms with Crippen molar-refractivity contribution in [3.8, 4) is 17.2 Å². The fourth-order valence-corrected chi connectivity index (χ4v) is 2.27. The number of nitrogens with two attached hydrogens (primary N) is 1. The Kier molecular flexibility index (Phi) is 7.08. The number of benzene rings is 2. The van der Waals surface area contributed by atoms with Crippen LogP contribution in [-0.4, -0.2) is 32.8 Å². The Morgan fingerprint density at radius 2 is 1.85 bits per heavy atom. The highest BCUT2D eigenvalue weighted by molar-refractivity contribution is 5.92. The SMILES string of the molecule is CCC(CN=C(N)Nc1ccc(OC)c(OC)c1)Oc1ccccc1F. The summed E-state index contributed by atoms with van der Waals surface area (Å²) >= 11 is 0. The number of ether oxygens (including phenoxy) is 3. The molecule has 3 N–H and O–H groups in total. The Labute approximate surface area is 152 Å². The van der Waals surface area contributed by atoms with Gasteiger partial charge in [-0.3, -0.25) is 0 Å². The number of guanidine groups is 1. The number of anilines is 1. The Morgan fingerprint density at radius 1 is 1.12 bits per heavy atom. The average Bonchev–Trinajstić information content (AvgIpc) is 2.66. The van der Waals surface area contributed by atoms with E-state index in [9.17, 15) is 4.39 Å². The zero-order valence-corrected chi connectivity index (χ0v) is 15.2. The largest absolute Gasteiger partial charge is 0.493 e. The first-order valence-corrected chi connectivity index (χ1v) is 8.27. The topological polar surface area (TPSA) is 78.1 Å². The van der Waals surface area contributed by atoms with Gasteiger partial charge in [0, 0.05) is 11.8 Å². The Hall–Kier alpha value is -2.96. The van der Waals surface area contributed by atoms with Crippen LogP contribution in [0.1, 0.15) is 13.3 Å². The van der Waals surface area contributed by atoms with Gasteiger partial charge in [0.1, 0.15) is 6.10 Å². The summed E-state index contributed by atoms with van der Waals surface area (Å²) in [5, 5.41) is 2.99. The van der Waals surface area contributed by atoms with Crippen LogP contribution in [0.3, 0.4) is 0 Å². The molecule has 26 heavy (non-hydrogen) atoms. The number of para-hydroxylation sites is 1. The van der Waals surface area contributed by atoms with Crippen molar-refractivity contribution >= 4 is 11.6 Å². The van der Waals surface area contributed by atoms with Crippen LogP contribution in [-0.2, 0) is 0 Å². The molecular weight excluding hydrogens is 337 g/mol. The van der Waals surface area contributed by atoms with Gasteiger partial charge < -0.3 is 25.3 Å². The van der Waals surface area contributed by atoms with E-state index in [1.807, 2.05) is 6.92 Å². The van der Waals surface area contributed by atoms with Crippen LogP contribution in [0.5, 0.6) is 17.2 Å². The monoisotopic (exact) mass is 361 g/mol. The van der Waals surface area contributed by atoms with Crippen molar-refractivity contribution in [2.24, 2.45) is 10.7 Å². The van der Waals surface area contributed by atoms with Crippen LogP contribution < -0.4 is 25.3 Å². The maximum absolute atomic E-state index is 13.7. The second-order valence-corrected chi connectivity index (χ2v) is 5.50. The van der Waals surface area contributed by atoms with Crippen molar-refractivity contribution in [2.75, 3.05) is 26.1 Å². The summed E-state index contributed by atoms with van der Waals surface area (Å²) in [4.78, 5) is 4.28. The van der Waals surface area contributed by atoms with E-state index in [4.69, 9.17) is 19.9 Å². The van der Waals surface area contributed by atoms with Gasteiger partial charge >= 0.3 is 0 Å². The van der Waals surface area contributed by atoms with Gasteiger partial charge in [0.2, 0.25) is 0 Å². The van der Waals surface area contributed by atoms with Gasteiger partial charge in [-0.1, -0.05) is 19.1 Å². The number of hydrogen-bond donors (Lipinski definition) is 2. The molecule has 0 saturated carbocycles. The van der Waals surface area contributed by atoms with Crippen molar-refractivity contribution in [3.05, 3.63) is 48.3 Å². The fraction of sp³-hybridized carbons (Fsp3) is 0.316. The van der Waals surface area contributed by atoms with Crippen molar-refractivity contribution < 1.29 is 18.6 Å². The molecule has 2 aromatic carbocycles. The van der Waals surface area contributed by atoms with E-state index in [0.717, 1.165) is 0 Å². The molecule has 0 heterocycles. The molecule has 0 aliphatic heterocycles. The van der Waals surface area contributed by atoms with E-state index >= 15 is 0 Å². The molecule has 7 heteroatoms. The lowest BCUT2D eigenvalue weighted by molar-refractivity contribution is 0.197.